The first-order valence-electron chi connectivity index (χ1n) is 8.41. The molecule has 1 aromatic rings. The highest BCUT2D eigenvalue weighted by atomic mass is 19.2. The lowest BCUT2D eigenvalue weighted by Crippen LogP contribution is -2.41. The highest BCUT2D eigenvalue weighted by Gasteiger charge is 2.46. The van der Waals surface area contributed by atoms with Crippen LogP contribution in [0, 0.1) is 23.5 Å². The van der Waals surface area contributed by atoms with E-state index in [0.29, 0.717) is 31.5 Å². The fourth-order valence-corrected chi connectivity index (χ4v) is 3.64. The first kappa shape index (κ1) is 16.9. The fourth-order valence-electron chi connectivity index (χ4n) is 3.64. The second-order valence-corrected chi connectivity index (χ2v) is 6.85. The van der Waals surface area contributed by atoms with E-state index < -0.39 is 17.6 Å². The lowest BCUT2D eigenvalue weighted by molar-refractivity contribution is -0.137. The van der Waals surface area contributed by atoms with Crippen molar-refractivity contribution < 1.29 is 23.5 Å². The minimum Gasteiger partial charge on any atom is -0.481 e. The number of carboxylic acids is 1. The molecule has 3 atom stereocenters. The predicted octanol–water partition coefficient (Wildman–Crippen LogP) is 3.17. The number of piperidine rings is 1. The van der Waals surface area contributed by atoms with Crippen molar-refractivity contribution in [2.24, 2.45) is 11.8 Å². The van der Waals surface area contributed by atoms with E-state index in [1.165, 1.54) is 6.07 Å². The maximum Gasteiger partial charge on any atom is 0.303 e. The van der Waals surface area contributed by atoms with E-state index in [1.807, 2.05) is 4.90 Å². The van der Waals surface area contributed by atoms with E-state index in [9.17, 15) is 18.4 Å². The number of amides is 1. The number of hydrogen-bond acceptors (Lipinski definition) is 2. The summed E-state index contributed by atoms with van der Waals surface area (Å²) >= 11 is 0. The predicted molar refractivity (Wildman–Crippen MR) is 83.4 cm³/mol. The maximum atomic E-state index is 13.3. The Labute approximate surface area is 139 Å². The molecule has 1 saturated heterocycles. The number of likely N-dealkylation sites (tertiary alicyclic amines) is 1. The first-order valence-corrected chi connectivity index (χ1v) is 8.41. The normalized spacial score (nSPS) is 26.2. The molecule has 0 aromatic heterocycles. The highest BCUT2D eigenvalue weighted by Crippen LogP contribution is 2.49. The van der Waals surface area contributed by atoms with Crippen LogP contribution in [0.1, 0.15) is 43.6 Å². The van der Waals surface area contributed by atoms with Gasteiger partial charge in [-0.1, -0.05) is 6.07 Å². The molecule has 130 valence electrons. The number of aliphatic carboxylic acids is 1. The molecule has 6 heteroatoms. The molecular formula is C18H21F2NO3. The van der Waals surface area contributed by atoms with E-state index in [-0.39, 0.29) is 30.1 Å². The highest BCUT2D eigenvalue weighted by molar-refractivity contribution is 5.83. The zero-order valence-corrected chi connectivity index (χ0v) is 13.4. The van der Waals surface area contributed by atoms with Crippen LogP contribution in [0.5, 0.6) is 0 Å². The summed E-state index contributed by atoms with van der Waals surface area (Å²) in [6.45, 7) is 1.30. The van der Waals surface area contributed by atoms with Crippen molar-refractivity contribution in [3.63, 3.8) is 0 Å². The number of carboxylic acid groups (broad SMARTS) is 1. The Morgan fingerprint density at radius 2 is 2.04 bits per heavy atom. The summed E-state index contributed by atoms with van der Waals surface area (Å²) in [5.41, 5.74) is 0.673. The molecule has 1 N–H and O–H groups in total. The topological polar surface area (TPSA) is 57.6 Å². The molecular weight excluding hydrogens is 316 g/mol. The van der Waals surface area contributed by atoms with Crippen molar-refractivity contribution in [2.45, 2.75) is 38.0 Å². The Morgan fingerprint density at radius 1 is 1.25 bits per heavy atom. The smallest absolute Gasteiger partial charge is 0.303 e. The number of benzene rings is 1. The SMILES string of the molecule is O=C(O)CC[C@@H]1CCCN(C(=O)[C@H]2C[C@H]2c2ccc(F)c(F)c2)C1. The van der Waals surface area contributed by atoms with Crippen LogP contribution in [-0.4, -0.2) is 35.0 Å². The molecule has 0 radical (unpaired) electrons. The van der Waals surface area contributed by atoms with Gasteiger partial charge < -0.3 is 10.0 Å². The van der Waals surface area contributed by atoms with Crippen LogP contribution in [0.4, 0.5) is 8.78 Å². The lowest BCUT2D eigenvalue weighted by atomic mass is 9.93. The average Bonchev–Trinajstić information content (AvgIpc) is 3.35. The Kier molecular flexibility index (Phi) is 4.83. The van der Waals surface area contributed by atoms with Crippen molar-refractivity contribution >= 4 is 11.9 Å². The molecule has 1 heterocycles. The molecule has 2 fully saturated rings. The van der Waals surface area contributed by atoms with Gasteiger partial charge in [0.05, 0.1) is 0 Å². The van der Waals surface area contributed by atoms with Gasteiger partial charge in [-0.15, -0.1) is 0 Å². The van der Waals surface area contributed by atoms with Gasteiger partial charge in [0.15, 0.2) is 11.6 Å². The molecule has 1 aliphatic carbocycles. The quantitative estimate of drug-likeness (QED) is 0.898. The third-order valence-corrected chi connectivity index (χ3v) is 5.08. The van der Waals surface area contributed by atoms with Gasteiger partial charge >= 0.3 is 5.97 Å². The minimum absolute atomic E-state index is 0.0352. The van der Waals surface area contributed by atoms with Crippen molar-refractivity contribution in [3.8, 4) is 0 Å². The van der Waals surface area contributed by atoms with Gasteiger partial charge in [-0.3, -0.25) is 9.59 Å². The Hall–Kier alpha value is -1.98. The molecule has 1 saturated carbocycles. The van der Waals surface area contributed by atoms with Gasteiger partial charge in [0.2, 0.25) is 5.91 Å². The summed E-state index contributed by atoms with van der Waals surface area (Å²) in [4.78, 5) is 25.1. The Balaban J connectivity index is 1.57. The molecule has 0 unspecified atom stereocenters. The summed E-state index contributed by atoms with van der Waals surface area (Å²) in [7, 11) is 0. The summed E-state index contributed by atoms with van der Waals surface area (Å²) < 4.78 is 26.3. The number of hydrogen-bond donors (Lipinski definition) is 1. The average molecular weight is 337 g/mol. The van der Waals surface area contributed by atoms with Crippen LogP contribution in [0.25, 0.3) is 0 Å². The largest absolute Gasteiger partial charge is 0.481 e. The molecule has 2 aliphatic rings. The number of nitrogens with zero attached hydrogens (tertiary/aromatic N) is 1. The molecule has 0 bridgehead atoms. The van der Waals surface area contributed by atoms with Crippen LogP contribution >= 0.6 is 0 Å². The molecule has 1 amide bonds. The molecule has 24 heavy (non-hydrogen) atoms. The Bertz CT molecular complexity index is 649. The van der Waals surface area contributed by atoms with Crippen molar-refractivity contribution in [2.75, 3.05) is 13.1 Å². The van der Waals surface area contributed by atoms with Crippen LogP contribution in [0.2, 0.25) is 0 Å². The van der Waals surface area contributed by atoms with Crippen LogP contribution in [0.3, 0.4) is 0 Å². The number of rotatable bonds is 5. The fraction of sp³-hybridized carbons (Fsp3) is 0.556. The molecule has 3 rings (SSSR count). The van der Waals surface area contributed by atoms with Gasteiger partial charge in [-0.25, -0.2) is 8.78 Å². The second-order valence-electron chi connectivity index (χ2n) is 6.85. The van der Waals surface area contributed by atoms with E-state index in [2.05, 4.69) is 0 Å². The van der Waals surface area contributed by atoms with Crippen LogP contribution < -0.4 is 0 Å². The second kappa shape index (κ2) is 6.87. The lowest BCUT2D eigenvalue weighted by Gasteiger charge is -2.33. The molecule has 4 nitrogen and oxygen atoms in total. The van der Waals surface area contributed by atoms with E-state index >= 15 is 0 Å². The van der Waals surface area contributed by atoms with Crippen LogP contribution in [-0.2, 0) is 9.59 Å². The third-order valence-electron chi connectivity index (χ3n) is 5.08. The molecule has 0 spiro atoms. The first-order chi connectivity index (χ1) is 11.5. The Morgan fingerprint density at radius 3 is 2.75 bits per heavy atom. The van der Waals surface area contributed by atoms with Crippen molar-refractivity contribution in [1.82, 2.24) is 4.90 Å². The molecule has 1 aromatic carbocycles. The minimum atomic E-state index is -0.877. The van der Waals surface area contributed by atoms with Crippen molar-refractivity contribution in [3.05, 3.63) is 35.4 Å². The van der Waals surface area contributed by atoms with Gasteiger partial charge in [0.1, 0.15) is 0 Å². The van der Waals surface area contributed by atoms with Gasteiger partial charge in [0.25, 0.3) is 0 Å². The van der Waals surface area contributed by atoms with Gasteiger partial charge in [-0.05, 0) is 55.2 Å². The van der Waals surface area contributed by atoms with E-state index in [4.69, 9.17) is 5.11 Å². The monoisotopic (exact) mass is 337 g/mol. The van der Waals surface area contributed by atoms with Gasteiger partial charge in [-0.2, -0.15) is 0 Å². The summed E-state index contributed by atoms with van der Waals surface area (Å²) in [6.07, 6.45) is 3.23. The number of carbonyl (C=O) groups excluding carboxylic acids is 1. The zero-order valence-electron chi connectivity index (χ0n) is 13.4. The summed E-state index contributed by atoms with van der Waals surface area (Å²) in [6, 6.07) is 3.83. The standard InChI is InChI=1S/C18H21F2NO3/c19-15-5-4-12(8-16(15)20)13-9-14(13)18(24)21-7-1-2-11(10-21)3-6-17(22)23/h4-5,8,11,13-14H,1-3,6-7,9-10H2,(H,22,23)/t11-,13-,14-/m0/s1. The maximum absolute atomic E-state index is 13.3. The van der Waals surface area contributed by atoms with Crippen molar-refractivity contribution in [1.29, 1.82) is 0 Å². The van der Waals surface area contributed by atoms with E-state index in [0.717, 1.165) is 18.9 Å². The summed E-state index contributed by atoms with van der Waals surface area (Å²) in [5, 5.41) is 8.78. The molecule has 1 aliphatic heterocycles. The summed E-state index contributed by atoms with van der Waals surface area (Å²) in [5.74, 6) is -2.46. The number of carbonyl (C=O) groups is 2. The van der Waals surface area contributed by atoms with Crippen LogP contribution in [0.15, 0.2) is 18.2 Å². The van der Waals surface area contributed by atoms with E-state index in [1.54, 1.807) is 6.07 Å². The zero-order chi connectivity index (χ0) is 17.3. The third kappa shape index (κ3) is 3.74. The number of halogens is 2. The van der Waals surface area contributed by atoms with Gasteiger partial charge in [0, 0.05) is 25.4 Å².